The third kappa shape index (κ3) is 5.97. The summed E-state index contributed by atoms with van der Waals surface area (Å²) in [6.07, 6.45) is 1.76. The number of thiazole rings is 1. The van der Waals surface area contributed by atoms with Crippen molar-refractivity contribution in [1.82, 2.24) is 19.0 Å². The van der Waals surface area contributed by atoms with Crippen molar-refractivity contribution >= 4 is 57.5 Å². The molecular weight excluding hydrogens is 532 g/mol. The summed E-state index contributed by atoms with van der Waals surface area (Å²) in [6, 6.07) is 6.83. The van der Waals surface area contributed by atoms with Crippen LogP contribution >= 0.6 is 35.3 Å². The van der Waals surface area contributed by atoms with Crippen LogP contribution in [0.3, 0.4) is 0 Å². The van der Waals surface area contributed by atoms with Crippen molar-refractivity contribution in [1.29, 1.82) is 0 Å². The zero-order valence-electron chi connectivity index (χ0n) is 21.1. The second-order valence-corrected chi connectivity index (χ2v) is 11.0. The fourth-order valence-electron chi connectivity index (χ4n) is 4.21. The first-order valence-electron chi connectivity index (χ1n) is 12.3. The van der Waals surface area contributed by atoms with E-state index in [2.05, 4.69) is 0 Å². The molecule has 1 aromatic carbocycles. The highest BCUT2D eigenvalue weighted by molar-refractivity contribution is 7.99. The van der Waals surface area contributed by atoms with Crippen molar-refractivity contribution in [2.24, 2.45) is 0 Å². The van der Waals surface area contributed by atoms with Crippen molar-refractivity contribution in [2.75, 3.05) is 32.1 Å². The van der Waals surface area contributed by atoms with E-state index in [4.69, 9.17) is 26.7 Å². The summed E-state index contributed by atoms with van der Waals surface area (Å²) in [4.78, 5) is 45.1. The Labute approximate surface area is 228 Å². The monoisotopic (exact) mass is 562 g/mol. The van der Waals surface area contributed by atoms with Crippen molar-refractivity contribution in [3.8, 4) is 5.69 Å². The van der Waals surface area contributed by atoms with Gasteiger partial charge in [-0.2, -0.15) is 0 Å². The summed E-state index contributed by atoms with van der Waals surface area (Å²) in [7, 11) is 0. The van der Waals surface area contributed by atoms with E-state index in [1.165, 1.54) is 23.1 Å². The number of fused-ring (bicyclic) bond motifs is 1. The smallest absolute Gasteiger partial charge is 0.338 e. The highest BCUT2D eigenvalue weighted by Gasteiger charge is 2.23. The molecular formula is C25H30N4O5S3. The van der Waals surface area contributed by atoms with Crippen LogP contribution in [0.25, 0.3) is 16.0 Å². The largest absolute Gasteiger partial charge is 0.462 e. The number of carbonyl (C=O) groups excluding carboxylic acids is 2. The lowest BCUT2D eigenvalue weighted by Crippen LogP contribution is -2.33. The van der Waals surface area contributed by atoms with Gasteiger partial charge in [0.2, 0.25) is 5.91 Å². The first-order valence-corrected chi connectivity index (χ1v) is 14.5. The zero-order valence-corrected chi connectivity index (χ0v) is 23.5. The molecule has 3 aromatic rings. The maximum Gasteiger partial charge on any atom is 0.338 e. The van der Waals surface area contributed by atoms with Crippen molar-refractivity contribution in [3.05, 3.63) is 44.1 Å². The number of hydrogen-bond acceptors (Lipinski definition) is 9. The molecule has 0 unspecified atom stereocenters. The normalized spacial score (nSPS) is 15.3. The molecule has 1 fully saturated rings. The SMILES string of the molecule is CCOC(=O)c1ccc(-n2c(=S)sc3c(=O)n(C[C@@H]4CCCO4)c(SCC(=O)N(CC)CC)nc32)cc1. The van der Waals surface area contributed by atoms with E-state index in [0.29, 0.717) is 63.6 Å². The lowest BCUT2D eigenvalue weighted by atomic mass is 10.2. The van der Waals surface area contributed by atoms with E-state index < -0.39 is 5.97 Å². The average Bonchev–Trinajstić information content (AvgIpc) is 3.53. The second-order valence-electron chi connectivity index (χ2n) is 8.42. The molecule has 9 nitrogen and oxygen atoms in total. The quantitative estimate of drug-likeness (QED) is 0.156. The third-order valence-electron chi connectivity index (χ3n) is 6.15. The highest BCUT2D eigenvalue weighted by atomic mass is 32.2. The number of benzene rings is 1. The number of ether oxygens (including phenoxy) is 2. The van der Waals surface area contributed by atoms with Crippen LogP contribution in [0.15, 0.2) is 34.2 Å². The summed E-state index contributed by atoms with van der Waals surface area (Å²) in [6.45, 7) is 8.23. The maximum absolute atomic E-state index is 13.7. The maximum atomic E-state index is 13.7. The van der Waals surface area contributed by atoms with Gasteiger partial charge < -0.3 is 14.4 Å². The highest BCUT2D eigenvalue weighted by Crippen LogP contribution is 2.27. The van der Waals surface area contributed by atoms with Gasteiger partial charge in [-0.05, 0) is 70.1 Å². The Morgan fingerprint density at radius 3 is 2.59 bits per heavy atom. The van der Waals surface area contributed by atoms with Crippen molar-refractivity contribution in [3.63, 3.8) is 0 Å². The zero-order chi connectivity index (χ0) is 26.5. The van der Waals surface area contributed by atoms with E-state index in [1.807, 2.05) is 13.8 Å². The minimum atomic E-state index is -0.403. The van der Waals surface area contributed by atoms with Gasteiger partial charge in [0.05, 0.1) is 30.6 Å². The van der Waals surface area contributed by atoms with Crippen LogP contribution in [0.4, 0.5) is 0 Å². The Bertz CT molecular complexity index is 1390. The fourth-order valence-corrected chi connectivity index (χ4v) is 6.44. The van der Waals surface area contributed by atoms with Gasteiger partial charge in [-0.15, -0.1) is 0 Å². The van der Waals surface area contributed by atoms with E-state index in [-0.39, 0.29) is 23.3 Å². The van der Waals surface area contributed by atoms with E-state index in [1.54, 1.807) is 45.2 Å². The van der Waals surface area contributed by atoms with Gasteiger partial charge in [-0.3, -0.25) is 18.7 Å². The molecule has 198 valence electrons. The number of esters is 1. The molecule has 12 heteroatoms. The Morgan fingerprint density at radius 2 is 1.97 bits per heavy atom. The summed E-state index contributed by atoms with van der Waals surface area (Å²) in [5.41, 5.74) is 1.35. The lowest BCUT2D eigenvalue weighted by molar-refractivity contribution is -0.127. The molecule has 0 aliphatic carbocycles. The summed E-state index contributed by atoms with van der Waals surface area (Å²) in [5.74, 6) is -0.242. The third-order valence-corrected chi connectivity index (χ3v) is 8.46. The molecule has 0 N–H and O–H groups in total. The van der Waals surface area contributed by atoms with Crippen LogP contribution in [0, 0.1) is 3.95 Å². The van der Waals surface area contributed by atoms with Gasteiger partial charge in [-0.1, -0.05) is 23.1 Å². The standard InChI is InChI=1S/C25H30N4O5S3/c1-4-27(5-2)19(30)15-36-24-26-21-20(22(31)28(24)14-18-8-7-13-34-18)37-25(35)29(21)17-11-9-16(10-12-17)23(32)33-6-3/h9-12,18H,4-8,13-15H2,1-3H3/t18-/m0/s1. The minimum Gasteiger partial charge on any atom is -0.462 e. The molecule has 0 saturated carbocycles. The van der Waals surface area contributed by atoms with Crippen LogP contribution < -0.4 is 5.56 Å². The Morgan fingerprint density at radius 1 is 1.24 bits per heavy atom. The number of nitrogens with zero attached hydrogens (tertiary/aromatic N) is 4. The Hall–Kier alpha value is -2.54. The fraction of sp³-hybridized carbons (Fsp3) is 0.480. The average molecular weight is 563 g/mol. The molecule has 1 atom stereocenters. The molecule has 0 spiro atoms. The predicted octanol–water partition coefficient (Wildman–Crippen LogP) is 4.29. The number of carbonyl (C=O) groups is 2. The number of amides is 1. The number of thioether (sulfide) groups is 1. The summed E-state index contributed by atoms with van der Waals surface area (Å²) < 4.78 is 15.1. The molecule has 4 rings (SSSR count). The topological polar surface area (TPSA) is 95.7 Å². The Balaban J connectivity index is 1.77. The first-order chi connectivity index (χ1) is 17.9. The van der Waals surface area contributed by atoms with Crippen molar-refractivity contribution in [2.45, 2.75) is 51.4 Å². The number of hydrogen-bond donors (Lipinski definition) is 0. The second kappa shape index (κ2) is 12.3. The molecule has 1 aliphatic rings. The van der Waals surface area contributed by atoms with E-state index >= 15 is 0 Å². The van der Waals surface area contributed by atoms with Gasteiger partial charge in [0.25, 0.3) is 5.56 Å². The first kappa shape index (κ1) is 27.5. The van der Waals surface area contributed by atoms with Crippen LogP contribution in [-0.4, -0.2) is 69.1 Å². The van der Waals surface area contributed by atoms with E-state index in [0.717, 1.165) is 12.8 Å². The molecule has 3 heterocycles. The number of aromatic nitrogens is 3. The lowest BCUT2D eigenvalue weighted by Gasteiger charge is -2.19. The van der Waals surface area contributed by atoms with Crippen LogP contribution in [0.2, 0.25) is 0 Å². The van der Waals surface area contributed by atoms with Gasteiger partial charge in [-0.25, -0.2) is 9.78 Å². The van der Waals surface area contributed by atoms with Crippen LogP contribution in [0.5, 0.6) is 0 Å². The van der Waals surface area contributed by atoms with Gasteiger partial charge >= 0.3 is 5.97 Å². The molecule has 2 aromatic heterocycles. The Kier molecular flexibility index (Phi) is 9.17. The van der Waals surface area contributed by atoms with Gasteiger partial charge in [0, 0.05) is 25.4 Å². The van der Waals surface area contributed by atoms with Crippen LogP contribution in [-0.2, 0) is 20.8 Å². The predicted molar refractivity (Wildman–Crippen MR) is 148 cm³/mol. The molecule has 1 amide bonds. The van der Waals surface area contributed by atoms with Gasteiger partial charge in [0.15, 0.2) is 14.8 Å². The molecule has 1 saturated heterocycles. The minimum absolute atomic E-state index is 0.00952. The molecule has 0 radical (unpaired) electrons. The molecule has 37 heavy (non-hydrogen) atoms. The summed E-state index contributed by atoms with van der Waals surface area (Å²) >= 11 is 8.09. The molecule has 1 aliphatic heterocycles. The van der Waals surface area contributed by atoms with E-state index in [9.17, 15) is 14.4 Å². The van der Waals surface area contributed by atoms with Crippen molar-refractivity contribution < 1.29 is 19.1 Å². The number of rotatable bonds is 10. The molecule has 0 bridgehead atoms. The van der Waals surface area contributed by atoms with Crippen LogP contribution in [0.1, 0.15) is 44.0 Å². The van der Waals surface area contributed by atoms with Gasteiger partial charge in [0.1, 0.15) is 4.70 Å². The summed E-state index contributed by atoms with van der Waals surface area (Å²) in [5, 5.41) is 0.457.